The molecule has 3 heterocycles. The molecule has 0 spiro atoms. The summed E-state index contributed by atoms with van der Waals surface area (Å²) in [5, 5.41) is 3.49. The van der Waals surface area contributed by atoms with E-state index in [9.17, 15) is 0 Å². The minimum atomic E-state index is 0.526. The van der Waals surface area contributed by atoms with Crippen LogP contribution in [-0.4, -0.2) is 16.1 Å². The summed E-state index contributed by atoms with van der Waals surface area (Å²) in [7, 11) is 0. The number of furan rings is 1. The van der Waals surface area contributed by atoms with Crippen molar-refractivity contribution in [2.24, 2.45) is 0 Å². The lowest BCUT2D eigenvalue weighted by Gasteiger charge is -2.23. The van der Waals surface area contributed by atoms with Gasteiger partial charge < -0.3 is 14.3 Å². The second kappa shape index (κ2) is 5.21. The summed E-state index contributed by atoms with van der Waals surface area (Å²) in [5.41, 5.74) is 1.13. The van der Waals surface area contributed by atoms with Gasteiger partial charge in [0.25, 0.3) is 0 Å². The van der Waals surface area contributed by atoms with Gasteiger partial charge in [-0.25, -0.2) is 4.98 Å². The van der Waals surface area contributed by atoms with Crippen molar-refractivity contribution in [1.82, 2.24) is 14.9 Å². The SMILES string of the molecule is Cc1cn2c(n1)[C@@H](CNCc1ccc(C)o1)CCC2. The van der Waals surface area contributed by atoms with E-state index < -0.39 is 0 Å². The van der Waals surface area contributed by atoms with E-state index in [1.54, 1.807) is 0 Å². The number of hydrogen-bond donors (Lipinski definition) is 1. The number of aromatic nitrogens is 2. The predicted octanol–water partition coefficient (Wildman–Crippen LogP) is 2.76. The average Bonchev–Trinajstić information content (AvgIpc) is 2.95. The molecule has 3 rings (SSSR count). The summed E-state index contributed by atoms with van der Waals surface area (Å²) >= 11 is 0. The van der Waals surface area contributed by atoms with Crippen LogP contribution < -0.4 is 5.32 Å². The molecular weight excluding hydrogens is 238 g/mol. The molecule has 4 nitrogen and oxygen atoms in total. The lowest BCUT2D eigenvalue weighted by atomic mass is 9.99. The molecule has 0 saturated heterocycles. The zero-order valence-corrected chi connectivity index (χ0v) is 11.6. The van der Waals surface area contributed by atoms with Crippen molar-refractivity contribution in [3.05, 3.63) is 41.4 Å². The van der Waals surface area contributed by atoms with Crippen LogP contribution in [0.1, 0.15) is 41.8 Å². The zero-order chi connectivity index (χ0) is 13.2. The second-order valence-electron chi connectivity index (χ2n) is 5.42. The molecular formula is C15H21N3O. The molecule has 1 N–H and O–H groups in total. The molecule has 4 heteroatoms. The third-order valence-corrected chi connectivity index (χ3v) is 3.73. The Kier molecular flexibility index (Phi) is 3.42. The summed E-state index contributed by atoms with van der Waals surface area (Å²) in [6, 6.07) is 4.04. The van der Waals surface area contributed by atoms with Crippen LogP contribution in [0.25, 0.3) is 0 Å². The Morgan fingerprint density at radius 1 is 1.42 bits per heavy atom. The Labute approximate surface area is 113 Å². The van der Waals surface area contributed by atoms with Crippen molar-refractivity contribution in [3.63, 3.8) is 0 Å². The van der Waals surface area contributed by atoms with E-state index in [0.717, 1.165) is 36.8 Å². The third-order valence-electron chi connectivity index (χ3n) is 3.73. The molecule has 1 atom stereocenters. The molecule has 0 aliphatic carbocycles. The van der Waals surface area contributed by atoms with Gasteiger partial charge in [-0.05, 0) is 38.8 Å². The monoisotopic (exact) mass is 259 g/mol. The number of rotatable bonds is 4. The van der Waals surface area contributed by atoms with Crippen molar-refractivity contribution in [1.29, 1.82) is 0 Å². The molecule has 102 valence electrons. The van der Waals surface area contributed by atoms with Crippen LogP contribution in [0.2, 0.25) is 0 Å². The smallest absolute Gasteiger partial charge is 0.117 e. The minimum Gasteiger partial charge on any atom is -0.465 e. The average molecular weight is 259 g/mol. The maximum Gasteiger partial charge on any atom is 0.117 e. The molecule has 0 amide bonds. The highest BCUT2D eigenvalue weighted by atomic mass is 16.3. The van der Waals surface area contributed by atoms with Crippen molar-refractivity contribution in [2.75, 3.05) is 6.54 Å². The Morgan fingerprint density at radius 3 is 3.11 bits per heavy atom. The van der Waals surface area contributed by atoms with Gasteiger partial charge in [-0.1, -0.05) is 0 Å². The van der Waals surface area contributed by atoms with E-state index in [1.807, 2.05) is 19.1 Å². The van der Waals surface area contributed by atoms with E-state index >= 15 is 0 Å². The van der Waals surface area contributed by atoms with Gasteiger partial charge in [-0.2, -0.15) is 0 Å². The standard InChI is InChI=1S/C15H21N3O/c1-11-10-18-7-3-4-13(15(18)17-11)8-16-9-14-6-5-12(2)19-14/h5-6,10,13,16H,3-4,7-9H2,1-2H3/t13-/m1/s1. The molecule has 2 aromatic heterocycles. The molecule has 2 aromatic rings. The van der Waals surface area contributed by atoms with Gasteiger partial charge >= 0.3 is 0 Å². The molecule has 0 radical (unpaired) electrons. The van der Waals surface area contributed by atoms with E-state index in [1.165, 1.54) is 18.7 Å². The van der Waals surface area contributed by atoms with Crippen LogP contribution in [0, 0.1) is 13.8 Å². The fourth-order valence-electron chi connectivity index (χ4n) is 2.85. The van der Waals surface area contributed by atoms with E-state index in [-0.39, 0.29) is 0 Å². The normalized spacial score (nSPS) is 18.5. The summed E-state index contributed by atoms with van der Waals surface area (Å²) in [6.07, 6.45) is 4.63. The maximum atomic E-state index is 5.56. The number of nitrogens with zero attached hydrogens (tertiary/aromatic N) is 2. The highest BCUT2D eigenvalue weighted by molar-refractivity contribution is 5.10. The first-order valence-corrected chi connectivity index (χ1v) is 7.02. The quantitative estimate of drug-likeness (QED) is 0.918. The predicted molar refractivity (Wildman–Crippen MR) is 74.1 cm³/mol. The van der Waals surface area contributed by atoms with Gasteiger partial charge in [0.2, 0.25) is 0 Å². The highest BCUT2D eigenvalue weighted by Gasteiger charge is 2.21. The van der Waals surface area contributed by atoms with Crippen LogP contribution in [0.15, 0.2) is 22.7 Å². The van der Waals surface area contributed by atoms with E-state index in [0.29, 0.717) is 5.92 Å². The lowest BCUT2D eigenvalue weighted by molar-refractivity contribution is 0.406. The number of aryl methyl sites for hydroxylation is 3. The molecule has 1 aliphatic heterocycles. The minimum absolute atomic E-state index is 0.526. The van der Waals surface area contributed by atoms with Crippen molar-refractivity contribution >= 4 is 0 Å². The second-order valence-corrected chi connectivity index (χ2v) is 5.42. The molecule has 0 saturated carbocycles. The van der Waals surface area contributed by atoms with E-state index in [2.05, 4.69) is 28.0 Å². The van der Waals surface area contributed by atoms with Crippen LogP contribution in [0.4, 0.5) is 0 Å². The van der Waals surface area contributed by atoms with Gasteiger partial charge in [-0.15, -0.1) is 0 Å². The Bertz CT molecular complexity index is 555. The highest BCUT2D eigenvalue weighted by Crippen LogP contribution is 2.26. The van der Waals surface area contributed by atoms with Gasteiger partial charge in [0.05, 0.1) is 12.2 Å². The molecule has 0 unspecified atom stereocenters. The first kappa shape index (κ1) is 12.5. The third kappa shape index (κ3) is 2.73. The lowest BCUT2D eigenvalue weighted by Crippen LogP contribution is -2.26. The van der Waals surface area contributed by atoms with Gasteiger partial charge in [0.1, 0.15) is 17.3 Å². The van der Waals surface area contributed by atoms with Gasteiger partial charge in [-0.3, -0.25) is 0 Å². The van der Waals surface area contributed by atoms with Crippen LogP contribution in [0.3, 0.4) is 0 Å². The summed E-state index contributed by atoms with van der Waals surface area (Å²) < 4.78 is 7.87. The number of fused-ring (bicyclic) bond motifs is 1. The summed E-state index contributed by atoms with van der Waals surface area (Å²) in [4.78, 5) is 4.66. The topological polar surface area (TPSA) is 43.0 Å². The summed E-state index contributed by atoms with van der Waals surface area (Å²) in [5.74, 6) is 3.75. The van der Waals surface area contributed by atoms with Crippen molar-refractivity contribution in [3.8, 4) is 0 Å². The Morgan fingerprint density at radius 2 is 2.32 bits per heavy atom. The molecule has 0 bridgehead atoms. The molecule has 19 heavy (non-hydrogen) atoms. The van der Waals surface area contributed by atoms with Crippen molar-refractivity contribution < 1.29 is 4.42 Å². The first-order chi connectivity index (χ1) is 9.22. The largest absolute Gasteiger partial charge is 0.465 e. The van der Waals surface area contributed by atoms with Gasteiger partial charge in [0.15, 0.2) is 0 Å². The van der Waals surface area contributed by atoms with Crippen LogP contribution in [0.5, 0.6) is 0 Å². The van der Waals surface area contributed by atoms with Crippen molar-refractivity contribution in [2.45, 2.75) is 45.7 Å². The Balaban J connectivity index is 1.59. The molecule has 1 aliphatic rings. The first-order valence-electron chi connectivity index (χ1n) is 7.02. The molecule has 0 aromatic carbocycles. The van der Waals surface area contributed by atoms with E-state index in [4.69, 9.17) is 4.42 Å². The fraction of sp³-hybridized carbons (Fsp3) is 0.533. The Hall–Kier alpha value is -1.55. The summed E-state index contributed by atoms with van der Waals surface area (Å²) in [6.45, 7) is 6.93. The van der Waals surface area contributed by atoms with Crippen LogP contribution >= 0.6 is 0 Å². The number of hydrogen-bond acceptors (Lipinski definition) is 3. The molecule has 0 fully saturated rings. The number of imidazole rings is 1. The van der Waals surface area contributed by atoms with Crippen LogP contribution in [-0.2, 0) is 13.1 Å². The zero-order valence-electron chi connectivity index (χ0n) is 11.6. The van der Waals surface area contributed by atoms with Gasteiger partial charge in [0, 0.05) is 25.2 Å². The fourth-order valence-corrected chi connectivity index (χ4v) is 2.85. The maximum absolute atomic E-state index is 5.56. The number of nitrogens with one attached hydrogen (secondary N) is 1.